The average Bonchev–Trinajstić information content (AvgIpc) is 3.50. The molecule has 29 heavy (non-hydrogen) atoms. The third-order valence-electron chi connectivity index (χ3n) is 5.62. The van der Waals surface area contributed by atoms with E-state index in [1.807, 2.05) is 4.90 Å². The molecular weight excluding hydrogens is 370 g/mol. The van der Waals surface area contributed by atoms with Gasteiger partial charge in [-0.1, -0.05) is 0 Å². The van der Waals surface area contributed by atoms with Crippen LogP contribution in [0, 0.1) is 5.92 Å². The SMILES string of the molecule is O=C(c1cc(-c2ccc(O)cc2)nc2[nH]ncc12)N1CCN(C(=O)C2CC2)CC1. The minimum Gasteiger partial charge on any atom is -0.508 e. The van der Waals surface area contributed by atoms with Crippen molar-refractivity contribution in [1.82, 2.24) is 25.0 Å². The van der Waals surface area contributed by atoms with Gasteiger partial charge in [-0.05, 0) is 43.2 Å². The first-order valence-electron chi connectivity index (χ1n) is 9.82. The maximum Gasteiger partial charge on any atom is 0.254 e. The third kappa shape index (κ3) is 3.30. The number of H-pyrrole nitrogens is 1. The predicted octanol–water partition coefficient (Wildman–Crippen LogP) is 2.02. The lowest BCUT2D eigenvalue weighted by molar-refractivity contribution is -0.134. The van der Waals surface area contributed by atoms with Gasteiger partial charge in [0.2, 0.25) is 5.91 Å². The summed E-state index contributed by atoms with van der Waals surface area (Å²) in [6.07, 6.45) is 3.60. The van der Waals surface area contributed by atoms with Gasteiger partial charge < -0.3 is 14.9 Å². The van der Waals surface area contributed by atoms with Gasteiger partial charge in [-0.25, -0.2) is 4.98 Å². The Kier molecular flexibility index (Phi) is 4.19. The van der Waals surface area contributed by atoms with Crippen LogP contribution in [0.1, 0.15) is 23.2 Å². The minimum absolute atomic E-state index is 0.0858. The van der Waals surface area contributed by atoms with Gasteiger partial charge in [0.1, 0.15) is 5.75 Å². The Bertz CT molecular complexity index is 1080. The number of rotatable bonds is 3. The highest BCUT2D eigenvalue weighted by atomic mass is 16.3. The van der Waals surface area contributed by atoms with Crippen LogP contribution in [-0.2, 0) is 4.79 Å². The molecule has 1 saturated carbocycles. The van der Waals surface area contributed by atoms with Crippen molar-refractivity contribution in [3.8, 4) is 17.0 Å². The molecule has 3 heterocycles. The Morgan fingerprint density at radius 1 is 1.03 bits per heavy atom. The summed E-state index contributed by atoms with van der Waals surface area (Å²) in [6, 6.07) is 8.47. The van der Waals surface area contributed by atoms with Crippen LogP contribution in [-0.4, -0.2) is 68.1 Å². The molecule has 2 aromatic heterocycles. The molecule has 8 heteroatoms. The number of piperazine rings is 1. The number of aromatic amines is 1. The van der Waals surface area contributed by atoms with Crippen LogP contribution in [0.15, 0.2) is 36.5 Å². The van der Waals surface area contributed by atoms with Crippen molar-refractivity contribution in [2.45, 2.75) is 12.8 Å². The number of carbonyl (C=O) groups is 2. The van der Waals surface area contributed by atoms with E-state index in [-0.39, 0.29) is 23.5 Å². The number of hydrogen-bond donors (Lipinski definition) is 2. The molecule has 2 amide bonds. The van der Waals surface area contributed by atoms with E-state index in [0.29, 0.717) is 48.5 Å². The van der Waals surface area contributed by atoms with Crippen LogP contribution >= 0.6 is 0 Å². The highest BCUT2D eigenvalue weighted by Crippen LogP contribution is 2.31. The molecule has 148 valence electrons. The van der Waals surface area contributed by atoms with E-state index in [2.05, 4.69) is 15.2 Å². The Hall–Kier alpha value is -3.42. The lowest BCUT2D eigenvalue weighted by Gasteiger charge is -2.35. The molecule has 8 nitrogen and oxygen atoms in total. The van der Waals surface area contributed by atoms with E-state index >= 15 is 0 Å². The zero-order valence-electron chi connectivity index (χ0n) is 15.8. The molecule has 1 aliphatic heterocycles. The number of aromatic nitrogens is 3. The molecule has 5 rings (SSSR count). The molecule has 1 aromatic carbocycles. The lowest BCUT2D eigenvalue weighted by Crippen LogP contribution is -2.51. The van der Waals surface area contributed by atoms with Crippen LogP contribution in [0.5, 0.6) is 5.75 Å². The Morgan fingerprint density at radius 2 is 1.72 bits per heavy atom. The topological polar surface area (TPSA) is 102 Å². The number of fused-ring (bicyclic) bond motifs is 1. The molecule has 0 radical (unpaired) electrons. The molecule has 0 unspecified atom stereocenters. The predicted molar refractivity (Wildman–Crippen MR) is 106 cm³/mol. The normalized spacial score (nSPS) is 17.0. The zero-order chi connectivity index (χ0) is 20.0. The van der Waals surface area contributed by atoms with Crippen molar-refractivity contribution in [3.63, 3.8) is 0 Å². The molecule has 0 bridgehead atoms. The number of phenols is 1. The Labute approximate surface area is 167 Å². The van der Waals surface area contributed by atoms with Crippen LogP contribution in [0.2, 0.25) is 0 Å². The molecule has 3 aromatic rings. The van der Waals surface area contributed by atoms with Gasteiger partial charge in [0.05, 0.1) is 22.8 Å². The van der Waals surface area contributed by atoms with Crippen molar-refractivity contribution >= 4 is 22.8 Å². The van der Waals surface area contributed by atoms with Gasteiger partial charge in [0, 0.05) is 37.7 Å². The molecule has 1 aliphatic carbocycles. The van der Waals surface area contributed by atoms with E-state index in [0.717, 1.165) is 18.4 Å². The number of pyridine rings is 1. The standard InChI is InChI=1S/C21H21N5O3/c27-15-5-3-13(4-6-15)18-11-16(17-12-22-24-19(17)23-18)21(29)26-9-7-25(8-10-26)20(28)14-1-2-14/h3-6,11-12,14,27H,1-2,7-10H2,(H,22,23,24). The van der Waals surface area contributed by atoms with E-state index in [4.69, 9.17) is 0 Å². The summed E-state index contributed by atoms with van der Waals surface area (Å²) in [5.41, 5.74) is 2.51. The van der Waals surface area contributed by atoms with Crippen LogP contribution in [0.25, 0.3) is 22.3 Å². The van der Waals surface area contributed by atoms with Gasteiger partial charge >= 0.3 is 0 Å². The number of hydrogen-bond acceptors (Lipinski definition) is 5. The van der Waals surface area contributed by atoms with Crippen molar-refractivity contribution < 1.29 is 14.7 Å². The largest absolute Gasteiger partial charge is 0.508 e. The third-order valence-corrected chi connectivity index (χ3v) is 5.62. The summed E-state index contributed by atoms with van der Waals surface area (Å²) in [5.74, 6) is 0.521. The lowest BCUT2D eigenvalue weighted by atomic mass is 10.1. The van der Waals surface area contributed by atoms with Gasteiger partial charge in [0.25, 0.3) is 5.91 Å². The monoisotopic (exact) mass is 391 g/mol. The van der Waals surface area contributed by atoms with Gasteiger partial charge in [-0.2, -0.15) is 5.10 Å². The summed E-state index contributed by atoms with van der Waals surface area (Å²) >= 11 is 0. The number of aromatic hydroxyl groups is 1. The first-order valence-corrected chi connectivity index (χ1v) is 9.82. The number of phenolic OH excluding ortho intramolecular Hbond substituents is 1. The highest BCUT2D eigenvalue weighted by Gasteiger charge is 2.35. The van der Waals surface area contributed by atoms with E-state index in [1.54, 1.807) is 41.4 Å². The van der Waals surface area contributed by atoms with Crippen LogP contribution in [0.3, 0.4) is 0 Å². The zero-order valence-corrected chi connectivity index (χ0v) is 15.8. The molecule has 2 fully saturated rings. The fourth-order valence-electron chi connectivity index (χ4n) is 3.77. The maximum atomic E-state index is 13.3. The maximum absolute atomic E-state index is 13.3. The molecule has 1 saturated heterocycles. The number of amides is 2. The summed E-state index contributed by atoms with van der Waals surface area (Å²) in [4.78, 5) is 33.8. The quantitative estimate of drug-likeness (QED) is 0.711. The summed E-state index contributed by atoms with van der Waals surface area (Å²) in [5, 5.41) is 17.1. The van der Waals surface area contributed by atoms with Gasteiger partial charge in [-0.3, -0.25) is 14.7 Å². The van der Waals surface area contributed by atoms with Gasteiger partial charge in [0.15, 0.2) is 5.65 Å². The summed E-state index contributed by atoms with van der Waals surface area (Å²) in [7, 11) is 0. The first-order chi connectivity index (χ1) is 14.1. The van der Waals surface area contributed by atoms with Crippen molar-refractivity contribution in [2.75, 3.05) is 26.2 Å². The second-order valence-corrected chi connectivity index (χ2v) is 7.63. The second kappa shape index (κ2) is 6.88. The Morgan fingerprint density at radius 3 is 2.41 bits per heavy atom. The van der Waals surface area contributed by atoms with Crippen molar-refractivity contribution in [3.05, 3.63) is 42.1 Å². The summed E-state index contributed by atoms with van der Waals surface area (Å²) in [6.45, 7) is 2.19. The highest BCUT2D eigenvalue weighted by molar-refractivity contribution is 6.06. The smallest absolute Gasteiger partial charge is 0.254 e. The number of carbonyl (C=O) groups excluding carboxylic acids is 2. The minimum atomic E-state index is -0.0858. The van der Waals surface area contributed by atoms with E-state index in [1.165, 1.54) is 0 Å². The number of nitrogens with one attached hydrogen (secondary N) is 1. The average molecular weight is 391 g/mol. The number of benzene rings is 1. The number of nitrogens with zero attached hydrogens (tertiary/aromatic N) is 4. The van der Waals surface area contributed by atoms with Gasteiger partial charge in [-0.15, -0.1) is 0 Å². The fraction of sp³-hybridized carbons (Fsp3) is 0.333. The van der Waals surface area contributed by atoms with E-state index in [9.17, 15) is 14.7 Å². The van der Waals surface area contributed by atoms with Crippen molar-refractivity contribution in [2.24, 2.45) is 5.92 Å². The second-order valence-electron chi connectivity index (χ2n) is 7.63. The van der Waals surface area contributed by atoms with Crippen LogP contribution < -0.4 is 0 Å². The molecule has 2 aliphatic rings. The molecule has 0 atom stereocenters. The Balaban J connectivity index is 1.42. The van der Waals surface area contributed by atoms with Crippen LogP contribution in [0.4, 0.5) is 0 Å². The molecule has 2 N–H and O–H groups in total. The molecule has 0 spiro atoms. The fourth-order valence-corrected chi connectivity index (χ4v) is 3.77. The first kappa shape index (κ1) is 17.7. The van der Waals surface area contributed by atoms with Crippen molar-refractivity contribution in [1.29, 1.82) is 0 Å². The molecular formula is C21H21N5O3. The summed E-state index contributed by atoms with van der Waals surface area (Å²) < 4.78 is 0. The van der Waals surface area contributed by atoms with E-state index < -0.39 is 0 Å².